The molecule has 27 heavy (non-hydrogen) atoms. The van der Waals surface area contributed by atoms with E-state index in [1.165, 1.54) is 0 Å². The summed E-state index contributed by atoms with van der Waals surface area (Å²) >= 11 is 0. The van der Waals surface area contributed by atoms with Crippen LogP contribution in [-0.4, -0.2) is 12.4 Å². The van der Waals surface area contributed by atoms with Crippen LogP contribution in [-0.2, 0) is 0 Å². The maximum atomic E-state index is 12.8. The van der Waals surface area contributed by atoms with E-state index < -0.39 is 0 Å². The summed E-state index contributed by atoms with van der Waals surface area (Å²) in [6.45, 7) is 4.63. The Morgan fingerprint density at radius 2 is 1.59 bits per heavy atom. The van der Waals surface area contributed by atoms with Crippen LogP contribution in [0.2, 0.25) is 0 Å². The van der Waals surface area contributed by atoms with Gasteiger partial charge in [-0.2, -0.15) is 0 Å². The minimum absolute atomic E-state index is 0.0991. The van der Waals surface area contributed by atoms with E-state index in [9.17, 15) is 4.79 Å². The van der Waals surface area contributed by atoms with Gasteiger partial charge in [0.25, 0.3) is 0 Å². The Balaban J connectivity index is 1.78. The van der Waals surface area contributed by atoms with Gasteiger partial charge in [-0.3, -0.25) is 4.79 Å². The number of anilines is 1. The van der Waals surface area contributed by atoms with Gasteiger partial charge in [-0.25, -0.2) is 0 Å². The number of carbonyl (C=O) groups excluding carboxylic acids is 1. The number of hydrogen-bond acceptors (Lipinski definition) is 3. The van der Waals surface area contributed by atoms with Gasteiger partial charge in [-0.05, 0) is 43.7 Å². The van der Waals surface area contributed by atoms with Gasteiger partial charge < -0.3 is 10.1 Å². The molecule has 1 N–H and O–H groups in total. The second-order valence-electron chi connectivity index (χ2n) is 6.56. The molecule has 0 aliphatic rings. The molecular weight excluding hydrogens is 334 g/mol. The van der Waals surface area contributed by atoms with Crippen LogP contribution in [0.15, 0.2) is 78.9 Å². The predicted molar refractivity (Wildman–Crippen MR) is 111 cm³/mol. The van der Waals surface area contributed by atoms with Crippen molar-refractivity contribution in [3.8, 4) is 5.75 Å². The van der Waals surface area contributed by atoms with Crippen LogP contribution in [0.25, 0.3) is 0 Å². The summed E-state index contributed by atoms with van der Waals surface area (Å²) in [4.78, 5) is 12.8. The number of hydrogen-bond donors (Lipinski definition) is 1. The second kappa shape index (κ2) is 9.04. The van der Waals surface area contributed by atoms with E-state index in [-0.39, 0.29) is 11.8 Å². The van der Waals surface area contributed by atoms with Gasteiger partial charge in [0.05, 0.1) is 12.6 Å². The van der Waals surface area contributed by atoms with Crippen LogP contribution in [0.5, 0.6) is 5.75 Å². The SMILES string of the molecule is CCOc1ccc(NC(CC(=O)c2ccc(C)cc2)c2ccccc2)cc1. The van der Waals surface area contributed by atoms with Crippen LogP contribution < -0.4 is 10.1 Å². The van der Waals surface area contributed by atoms with Crippen LogP contribution in [0.4, 0.5) is 5.69 Å². The fourth-order valence-corrected chi connectivity index (χ4v) is 3.00. The average molecular weight is 359 g/mol. The third-order valence-corrected chi connectivity index (χ3v) is 4.47. The standard InChI is InChI=1S/C24H25NO2/c1-3-27-22-15-13-21(14-16-22)25-23(19-7-5-4-6-8-19)17-24(26)20-11-9-18(2)10-12-20/h4-16,23,25H,3,17H2,1-2H3. The minimum Gasteiger partial charge on any atom is -0.494 e. The smallest absolute Gasteiger partial charge is 0.165 e. The van der Waals surface area contributed by atoms with Gasteiger partial charge in [0.1, 0.15) is 5.75 Å². The Morgan fingerprint density at radius 1 is 0.926 bits per heavy atom. The second-order valence-corrected chi connectivity index (χ2v) is 6.56. The van der Waals surface area contributed by atoms with Crippen molar-refractivity contribution in [2.24, 2.45) is 0 Å². The van der Waals surface area contributed by atoms with Crippen LogP contribution in [0, 0.1) is 6.92 Å². The molecular formula is C24H25NO2. The average Bonchev–Trinajstić information content (AvgIpc) is 2.70. The van der Waals surface area contributed by atoms with Crippen molar-refractivity contribution < 1.29 is 9.53 Å². The van der Waals surface area contributed by atoms with Gasteiger partial charge in [0.15, 0.2) is 5.78 Å². The minimum atomic E-state index is -0.0991. The topological polar surface area (TPSA) is 38.3 Å². The van der Waals surface area contributed by atoms with Crippen molar-refractivity contribution in [1.29, 1.82) is 0 Å². The van der Waals surface area contributed by atoms with Gasteiger partial charge in [0.2, 0.25) is 0 Å². The summed E-state index contributed by atoms with van der Waals surface area (Å²) in [7, 11) is 0. The lowest BCUT2D eigenvalue weighted by Crippen LogP contribution is -2.15. The number of carbonyl (C=O) groups is 1. The van der Waals surface area contributed by atoms with Crippen molar-refractivity contribution in [3.63, 3.8) is 0 Å². The molecule has 0 aromatic heterocycles. The fourth-order valence-electron chi connectivity index (χ4n) is 3.00. The number of aryl methyl sites for hydroxylation is 1. The number of ketones is 1. The van der Waals surface area contributed by atoms with E-state index in [0.717, 1.165) is 28.1 Å². The normalized spacial score (nSPS) is 11.6. The number of Topliss-reactive ketones (excluding diaryl/α,β-unsaturated/α-hetero) is 1. The molecule has 3 aromatic carbocycles. The lowest BCUT2D eigenvalue weighted by atomic mass is 9.97. The Hall–Kier alpha value is -3.07. The molecule has 0 heterocycles. The highest BCUT2D eigenvalue weighted by molar-refractivity contribution is 5.96. The van der Waals surface area contributed by atoms with Gasteiger partial charge in [-0.15, -0.1) is 0 Å². The molecule has 0 radical (unpaired) electrons. The maximum Gasteiger partial charge on any atom is 0.165 e. The molecule has 3 heteroatoms. The zero-order chi connectivity index (χ0) is 19.1. The van der Waals surface area contributed by atoms with E-state index >= 15 is 0 Å². The van der Waals surface area contributed by atoms with E-state index in [4.69, 9.17) is 4.74 Å². The Kier molecular flexibility index (Phi) is 6.26. The molecule has 0 amide bonds. The van der Waals surface area contributed by atoms with Crippen LogP contribution in [0.1, 0.15) is 40.9 Å². The quantitative estimate of drug-likeness (QED) is 0.515. The zero-order valence-electron chi connectivity index (χ0n) is 15.8. The first kappa shape index (κ1) is 18.7. The molecule has 0 fully saturated rings. The van der Waals surface area contributed by atoms with Crippen molar-refractivity contribution in [3.05, 3.63) is 95.6 Å². The fraction of sp³-hybridized carbons (Fsp3) is 0.208. The molecule has 3 nitrogen and oxygen atoms in total. The molecule has 0 bridgehead atoms. The Morgan fingerprint density at radius 3 is 2.22 bits per heavy atom. The number of rotatable bonds is 8. The highest BCUT2D eigenvalue weighted by Gasteiger charge is 2.17. The molecule has 3 rings (SSSR count). The molecule has 0 aliphatic carbocycles. The lowest BCUT2D eigenvalue weighted by Gasteiger charge is -2.20. The molecule has 0 aliphatic heterocycles. The third kappa shape index (κ3) is 5.20. The monoisotopic (exact) mass is 359 g/mol. The van der Waals surface area contributed by atoms with Gasteiger partial charge >= 0.3 is 0 Å². The van der Waals surface area contributed by atoms with E-state index in [1.54, 1.807) is 0 Å². The van der Waals surface area contributed by atoms with Crippen LogP contribution >= 0.6 is 0 Å². The summed E-state index contributed by atoms with van der Waals surface area (Å²) in [5, 5.41) is 3.50. The zero-order valence-corrected chi connectivity index (χ0v) is 15.8. The van der Waals surface area contributed by atoms with Crippen molar-refractivity contribution in [1.82, 2.24) is 0 Å². The number of benzene rings is 3. The predicted octanol–water partition coefficient (Wildman–Crippen LogP) is 5.82. The Labute approximate surface area is 161 Å². The number of nitrogens with one attached hydrogen (secondary N) is 1. The summed E-state index contributed by atoms with van der Waals surface area (Å²) in [6.07, 6.45) is 0.389. The van der Waals surface area contributed by atoms with E-state index in [1.807, 2.05) is 80.6 Å². The highest BCUT2D eigenvalue weighted by Crippen LogP contribution is 2.26. The van der Waals surface area contributed by atoms with E-state index in [0.29, 0.717) is 13.0 Å². The first-order valence-electron chi connectivity index (χ1n) is 9.30. The van der Waals surface area contributed by atoms with Crippen molar-refractivity contribution in [2.75, 3.05) is 11.9 Å². The largest absolute Gasteiger partial charge is 0.494 e. The third-order valence-electron chi connectivity index (χ3n) is 4.47. The Bertz CT molecular complexity index is 855. The highest BCUT2D eigenvalue weighted by atomic mass is 16.5. The molecule has 0 saturated heterocycles. The molecule has 0 spiro atoms. The summed E-state index contributed by atoms with van der Waals surface area (Å²) < 4.78 is 5.50. The van der Waals surface area contributed by atoms with Crippen molar-refractivity contribution >= 4 is 11.5 Å². The molecule has 1 unspecified atom stereocenters. The molecule has 138 valence electrons. The summed E-state index contributed by atoms with van der Waals surface area (Å²) in [5.74, 6) is 0.970. The number of ether oxygens (including phenoxy) is 1. The molecule has 3 aromatic rings. The van der Waals surface area contributed by atoms with E-state index in [2.05, 4.69) is 17.4 Å². The lowest BCUT2D eigenvalue weighted by molar-refractivity contribution is 0.0976. The van der Waals surface area contributed by atoms with Crippen LogP contribution in [0.3, 0.4) is 0 Å². The van der Waals surface area contributed by atoms with Crippen molar-refractivity contribution in [2.45, 2.75) is 26.3 Å². The first-order chi connectivity index (χ1) is 13.2. The first-order valence-corrected chi connectivity index (χ1v) is 9.30. The molecule has 1 atom stereocenters. The summed E-state index contributed by atoms with van der Waals surface area (Å²) in [5.41, 5.74) is 3.95. The van der Waals surface area contributed by atoms with Gasteiger partial charge in [-0.1, -0.05) is 60.2 Å². The summed E-state index contributed by atoms with van der Waals surface area (Å²) in [6, 6.07) is 25.6. The molecule has 0 saturated carbocycles. The maximum absolute atomic E-state index is 12.8. The van der Waals surface area contributed by atoms with Gasteiger partial charge in [0, 0.05) is 17.7 Å².